The Labute approximate surface area is 189 Å². The van der Waals surface area contributed by atoms with Gasteiger partial charge in [0.15, 0.2) is 5.78 Å². The number of hydrogen-bond donors (Lipinski definition) is 2. The Kier molecular flexibility index (Phi) is 10.9. The van der Waals surface area contributed by atoms with Gasteiger partial charge in [-0.2, -0.15) is 0 Å². The van der Waals surface area contributed by atoms with Crippen LogP contribution in [0.2, 0.25) is 0 Å². The van der Waals surface area contributed by atoms with Gasteiger partial charge < -0.3 is 20.1 Å². The van der Waals surface area contributed by atoms with E-state index < -0.39 is 29.7 Å². The minimum Gasteiger partial charge on any atom is -0.445 e. The average molecular weight is 447 g/mol. The van der Waals surface area contributed by atoms with Gasteiger partial charge in [-0.25, -0.2) is 4.79 Å². The van der Waals surface area contributed by atoms with E-state index in [0.29, 0.717) is 19.6 Å². The Bertz CT molecular complexity index is 765. The number of Topliss-reactive ketones (excluding diaryl/α,β-unsaturated/α-hetero) is 2. The normalized spacial score (nSPS) is 18.9. The number of ether oxygens (including phenoxy) is 2. The maximum atomic E-state index is 13.0. The molecule has 2 atom stereocenters. The first kappa shape index (κ1) is 25.5. The Balaban J connectivity index is 1.99. The van der Waals surface area contributed by atoms with Crippen molar-refractivity contribution in [3.63, 3.8) is 0 Å². The second-order valence-electron chi connectivity index (χ2n) is 8.51. The topological polar surface area (TPSA) is 111 Å². The molecule has 2 N–H and O–H groups in total. The van der Waals surface area contributed by atoms with Crippen LogP contribution < -0.4 is 10.6 Å². The maximum absolute atomic E-state index is 13.0. The lowest BCUT2D eigenvalue weighted by atomic mass is 9.91. The van der Waals surface area contributed by atoms with Gasteiger partial charge in [-0.15, -0.1) is 0 Å². The SMILES string of the molecule is CC(C)CC(NC(=O)OCc1ccccc1)C(=O)CC1COCCCCCNC(=O)C1=O. The summed E-state index contributed by atoms with van der Waals surface area (Å²) in [6, 6.07) is 8.42. The first-order valence-corrected chi connectivity index (χ1v) is 11.3. The molecule has 1 aliphatic heterocycles. The third-order valence-electron chi connectivity index (χ3n) is 5.21. The lowest BCUT2D eigenvalue weighted by Crippen LogP contribution is -2.44. The molecule has 2 amide bonds. The summed E-state index contributed by atoms with van der Waals surface area (Å²) in [4.78, 5) is 50.1. The fourth-order valence-electron chi connectivity index (χ4n) is 3.47. The van der Waals surface area contributed by atoms with Gasteiger partial charge in [-0.05, 0) is 37.2 Å². The summed E-state index contributed by atoms with van der Waals surface area (Å²) in [6.07, 6.45) is 2.02. The van der Waals surface area contributed by atoms with Crippen LogP contribution in [0.4, 0.5) is 4.79 Å². The van der Waals surface area contributed by atoms with E-state index >= 15 is 0 Å². The highest BCUT2D eigenvalue weighted by atomic mass is 16.5. The Morgan fingerprint density at radius 3 is 2.62 bits per heavy atom. The van der Waals surface area contributed by atoms with Crippen molar-refractivity contribution in [3.05, 3.63) is 35.9 Å². The number of rotatable bonds is 8. The summed E-state index contributed by atoms with van der Waals surface area (Å²) < 4.78 is 10.8. The highest BCUT2D eigenvalue weighted by molar-refractivity contribution is 6.37. The summed E-state index contributed by atoms with van der Waals surface area (Å²) in [5.74, 6) is -2.42. The molecule has 1 saturated heterocycles. The highest BCUT2D eigenvalue weighted by Gasteiger charge is 2.31. The summed E-state index contributed by atoms with van der Waals surface area (Å²) in [6.45, 7) is 4.87. The monoisotopic (exact) mass is 446 g/mol. The Morgan fingerprint density at radius 1 is 1.16 bits per heavy atom. The van der Waals surface area contributed by atoms with E-state index in [9.17, 15) is 19.2 Å². The molecule has 0 spiro atoms. The van der Waals surface area contributed by atoms with Crippen molar-refractivity contribution in [3.8, 4) is 0 Å². The number of hydrogen-bond acceptors (Lipinski definition) is 6. The van der Waals surface area contributed by atoms with Gasteiger partial charge in [0.2, 0.25) is 5.78 Å². The number of ketones is 2. The van der Waals surface area contributed by atoms with Crippen LogP contribution in [0.3, 0.4) is 0 Å². The fraction of sp³-hybridized carbons (Fsp3) is 0.583. The van der Waals surface area contributed by atoms with E-state index in [1.165, 1.54) is 0 Å². The molecule has 1 aliphatic rings. The maximum Gasteiger partial charge on any atom is 0.408 e. The van der Waals surface area contributed by atoms with Gasteiger partial charge in [0, 0.05) is 19.6 Å². The lowest BCUT2D eigenvalue weighted by Gasteiger charge is -2.22. The van der Waals surface area contributed by atoms with Crippen LogP contribution >= 0.6 is 0 Å². The summed E-state index contributed by atoms with van der Waals surface area (Å²) in [5, 5.41) is 5.24. The number of amides is 2. The molecule has 2 rings (SSSR count). The first-order chi connectivity index (χ1) is 15.4. The van der Waals surface area contributed by atoms with Crippen molar-refractivity contribution >= 4 is 23.6 Å². The molecule has 8 heteroatoms. The van der Waals surface area contributed by atoms with Crippen molar-refractivity contribution in [2.45, 2.75) is 58.6 Å². The van der Waals surface area contributed by atoms with Crippen LogP contribution in [0, 0.1) is 11.8 Å². The van der Waals surface area contributed by atoms with Crippen molar-refractivity contribution in [1.29, 1.82) is 0 Å². The predicted octanol–water partition coefficient (Wildman–Crippen LogP) is 2.79. The van der Waals surface area contributed by atoms with Crippen LogP contribution in [0.5, 0.6) is 0 Å². The Morgan fingerprint density at radius 2 is 1.91 bits per heavy atom. The van der Waals surface area contributed by atoms with Gasteiger partial charge in [0.05, 0.1) is 18.6 Å². The zero-order chi connectivity index (χ0) is 23.3. The van der Waals surface area contributed by atoms with Crippen LogP contribution in [-0.2, 0) is 30.5 Å². The summed E-state index contributed by atoms with van der Waals surface area (Å²) >= 11 is 0. The molecule has 8 nitrogen and oxygen atoms in total. The second kappa shape index (κ2) is 13.6. The zero-order valence-corrected chi connectivity index (χ0v) is 18.9. The smallest absolute Gasteiger partial charge is 0.408 e. The molecule has 32 heavy (non-hydrogen) atoms. The van der Waals surface area contributed by atoms with E-state index in [0.717, 1.165) is 24.8 Å². The molecule has 0 saturated carbocycles. The number of alkyl carbamates (subject to hydrolysis) is 1. The second-order valence-corrected chi connectivity index (χ2v) is 8.51. The molecule has 0 radical (unpaired) electrons. The van der Waals surface area contributed by atoms with Crippen LogP contribution in [-0.4, -0.2) is 49.4 Å². The lowest BCUT2D eigenvalue weighted by molar-refractivity contribution is -0.142. The van der Waals surface area contributed by atoms with Gasteiger partial charge >= 0.3 is 6.09 Å². The standard InChI is InChI=1S/C24H34N2O6/c1-17(2)13-20(26-24(30)32-15-18-9-5-3-6-10-18)21(27)14-19-16-31-12-8-4-7-11-25-23(29)22(19)28/h3,5-6,9-10,17,19-20H,4,7-8,11-16H2,1-2H3,(H,25,29)(H,26,30). The van der Waals surface area contributed by atoms with Gasteiger partial charge in [0.1, 0.15) is 6.61 Å². The van der Waals surface area contributed by atoms with E-state index in [1.54, 1.807) is 0 Å². The number of benzene rings is 1. The first-order valence-electron chi connectivity index (χ1n) is 11.3. The van der Waals surface area contributed by atoms with Crippen molar-refractivity contribution in [2.75, 3.05) is 19.8 Å². The molecular formula is C24H34N2O6. The van der Waals surface area contributed by atoms with E-state index in [4.69, 9.17) is 9.47 Å². The van der Waals surface area contributed by atoms with Crippen molar-refractivity contribution in [2.24, 2.45) is 11.8 Å². The van der Waals surface area contributed by atoms with E-state index in [-0.39, 0.29) is 31.3 Å². The fourth-order valence-corrected chi connectivity index (χ4v) is 3.47. The predicted molar refractivity (Wildman–Crippen MR) is 119 cm³/mol. The minimum absolute atomic E-state index is 0.00481. The number of carbonyl (C=O) groups excluding carboxylic acids is 4. The van der Waals surface area contributed by atoms with Crippen LogP contribution in [0.15, 0.2) is 30.3 Å². The van der Waals surface area contributed by atoms with Crippen molar-refractivity contribution < 1.29 is 28.7 Å². The van der Waals surface area contributed by atoms with Gasteiger partial charge in [-0.1, -0.05) is 44.2 Å². The summed E-state index contributed by atoms with van der Waals surface area (Å²) in [7, 11) is 0. The summed E-state index contributed by atoms with van der Waals surface area (Å²) in [5.41, 5.74) is 0.834. The zero-order valence-electron chi connectivity index (χ0n) is 18.9. The highest BCUT2D eigenvalue weighted by Crippen LogP contribution is 2.15. The van der Waals surface area contributed by atoms with Crippen LogP contribution in [0.25, 0.3) is 0 Å². The van der Waals surface area contributed by atoms with E-state index in [2.05, 4.69) is 10.6 Å². The largest absolute Gasteiger partial charge is 0.445 e. The molecular weight excluding hydrogens is 412 g/mol. The van der Waals surface area contributed by atoms with Gasteiger partial charge in [0.25, 0.3) is 5.91 Å². The molecule has 1 heterocycles. The Hall–Kier alpha value is -2.74. The molecule has 1 aromatic carbocycles. The molecule has 176 valence electrons. The number of nitrogens with one attached hydrogen (secondary N) is 2. The molecule has 1 fully saturated rings. The third kappa shape index (κ3) is 9.18. The molecule has 0 aromatic heterocycles. The number of carbonyl (C=O) groups is 4. The van der Waals surface area contributed by atoms with Crippen LogP contribution in [0.1, 0.15) is 51.5 Å². The van der Waals surface area contributed by atoms with Gasteiger partial charge in [-0.3, -0.25) is 14.4 Å². The average Bonchev–Trinajstić information content (AvgIpc) is 2.80. The molecule has 0 aliphatic carbocycles. The quantitative estimate of drug-likeness (QED) is 0.594. The third-order valence-corrected chi connectivity index (χ3v) is 5.21. The molecule has 2 unspecified atom stereocenters. The van der Waals surface area contributed by atoms with Crippen molar-refractivity contribution in [1.82, 2.24) is 10.6 Å². The molecule has 1 aromatic rings. The molecule has 0 bridgehead atoms. The minimum atomic E-state index is -0.877. The van der Waals surface area contributed by atoms with E-state index in [1.807, 2.05) is 44.2 Å².